The maximum absolute atomic E-state index is 11.8. The highest BCUT2D eigenvalue weighted by molar-refractivity contribution is 5.93. The van der Waals surface area contributed by atoms with Crippen LogP contribution >= 0.6 is 0 Å². The number of hydrogen-bond acceptors (Lipinski definition) is 2. The number of carbonyl (C=O) groups excluding carboxylic acids is 1. The Morgan fingerprint density at radius 3 is 2.31 bits per heavy atom. The van der Waals surface area contributed by atoms with Crippen molar-refractivity contribution in [3.63, 3.8) is 0 Å². The van der Waals surface area contributed by atoms with Gasteiger partial charge in [0, 0.05) is 17.6 Å². The number of amides is 1. The molecule has 1 aromatic rings. The molecule has 1 aliphatic rings. The van der Waals surface area contributed by atoms with Gasteiger partial charge in [-0.15, -0.1) is 0 Å². The van der Waals surface area contributed by atoms with E-state index in [1.54, 1.807) is 0 Å². The zero-order chi connectivity index (χ0) is 11.7. The van der Waals surface area contributed by atoms with E-state index in [0.717, 1.165) is 18.5 Å². The average Bonchev–Trinajstić information content (AvgIpc) is 2.10. The van der Waals surface area contributed by atoms with E-state index >= 15 is 0 Å². The van der Waals surface area contributed by atoms with Gasteiger partial charge >= 0.3 is 0 Å². The third-order valence-corrected chi connectivity index (χ3v) is 3.03. The summed E-state index contributed by atoms with van der Waals surface area (Å²) in [4.78, 5) is 11.8. The molecule has 0 atom stereocenters. The third-order valence-electron chi connectivity index (χ3n) is 3.03. The molecule has 0 unspecified atom stereocenters. The van der Waals surface area contributed by atoms with Crippen LogP contribution in [0.5, 0.6) is 0 Å². The number of aryl methyl sites for hydroxylation is 2. The molecule has 0 radical (unpaired) electrons. The number of nitrogens with two attached hydrogens (primary N) is 1. The van der Waals surface area contributed by atoms with Gasteiger partial charge in [0.25, 0.3) is 0 Å². The fourth-order valence-corrected chi connectivity index (χ4v) is 2.17. The Morgan fingerprint density at radius 1 is 1.25 bits per heavy atom. The van der Waals surface area contributed by atoms with Crippen molar-refractivity contribution in [2.75, 3.05) is 5.32 Å². The Morgan fingerprint density at radius 2 is 1.81 bits per heavy atom. The van der Waals surface area contributed by atoms with Gasteiger partial charge in [-0.25, -0.2) is 0 Å². The quantitative estimate of drug-likeness (QED) is 0.797. The lowest BCUT2D eigenvalue weighted by Gasteiger charge is -2.31. The van der Waals surface area contributed by atoms with E-state index in [0.29, 0.717) is 0 Å². The summed E-state index contributed by atoms with van der Waals surface area (Å²) in [5.74, 6) is 0.211. The number of benzene rings is 1. The second kappa shape index (κ2) is 4.26. The van der Waals surface area contributed by atoms with Crippen LogP contribution in [0.25, 0.3) is 0 Å². The first kappa shape index (κ1) is 11.1. The Labute approximate surface area is 96.0 Å². The minimum Gasteiger partial charge on any atom is -0.328 e. The van der Waals surface area contributed by atoms with Crippen molar-refractivity contribution in [1.29, 1.82) is 0 Å². The summed E-state index contributed by atoms with van der Waals surface area (Å²) in [6.07, 6.45) is 1.63. The predicted octanol–water partition coefficient (Wildman–Crippen LogP) is 1.98. The summed E-state index contributed by atoms with van der Waals surface area (Å²) in [5.41, 5.74) is 8.89. The molecule has 1 amide bonds. The summed E-state index contributed by atoms with van der Waals surface area (Å²) in [6, 6.07) is 6.29. The number of carbonyl (C=O) groups is 1. The number of nitrogens with one attached hydrogen (secondary N) is 1. The first-order valence-electron chi connectivity index (χ1n) is 5.69. The Bertz CT molecular complexity index is 388. The fourth-order valence-electron chi connectivity index (χ4n) is 2.17. The summed E-state index contributed by atoms with van der Waals surface area (Å²) in [6.45, 7) is 4.06. The second-order valence-electron chi connectivity index (χ2n) is 4.79. The summed E-state index contributed by atoms with van der Waals surface area (Å²) in [5, 5.41) is 2.95. The van der Waals surface area contributed by atoms with Gasteiger partial charge in [-0.2, -0.15) is 0 Å². The predicted molar refractivity (Wildman–Crippen MR) is 65.2 cm³/mol. The van der Waals surface area contributed by atoms with E-state index in [-0.39, 0.29) is 17.9 Å². The molecule has 0 heterocycles. The molecule has 86 valence electrons. The molecule has 0 spiro atoms. The molecule has 0 aliphatic heterocycles. The molecule has 3 heteroatoms. The Balaban J connectivity index is 2.00. The molecule has 0 aromatic heterocycles. The molecule has 0 bridgehead atoms. The standard InChI is InChI=1S/C13H18N2O/c1-8-3-9(2)5-12(4-8)15-13(16)10-6-11(14)7-10/h3-5,10-11H,6-7,14H2,1-2H3,(H,15,16). The minimum absolute atomic E-state index is 0.103. The van der Waals surface area contributed by atoms with Gasteiger partial charge in [-0.05, 0) is 49.9 Å². The van der Waals surface area contributed by atoms with Crippen LogP contribution in [-0.4, -0.2) is 11.9 Å². The van der Waals surface area contributed by atoms with E-state index in [2.05, 4.69) is 11.4 Å². The highest BCUT2D eigenvalue weighted by Crippen LogP contribution is 2.27. The van der Waals surface area contributed by atoms with E-state index in [1.807, 2.05) is 26.0 Å². The lowest BCUT2D eigenvalue weighted by atomic mass is 9.80. The number of rotatable bonds is 2. The van der Waals surface area contributed by atoms with Gasteiger partial charge in [0.05, 0.1) is 0 Å². The van der Waals surface area contributed by atoms with Crippen LogP contribution in [0.1, 0.15) is 24.0 Å². The van der Waals surface area contributed by atoms with Crippen LogP contribution in [0, 0.1) is 19.8 Å². The van der Waals surface area contributed by atoms with Crippen LogP contribution in [0.4, 0.5) is 5.69 Å². The Kier molecular flexibility index (Phi) is 2.97. The third kappa shape index (κ3) is 2.42. The molecule has 1 aliphatic carbocycles. The molecule has 16 heavy (non-hydrogen) atoms. The molecule has 2 rings (SSSR count). The van der Waals surface area contributed by atoms with Gasteiger partial charge in [0.15, 0.2) is 0 Å². The highest BCUT2D eigenvalue weighted by atomic mass is 16.1. The average molecular weight is 218 g/mol. The first-order valence-corrected chi connectivity index (χ1v) is 5.69. The van der Waals surface area contributed by atoms with Gasteiger partial charge in [-0.1, -0.05) is 6.07 Å². The van der Waals surface area contributed by atoms with Crippen molar-refractivity contribution >= 4 is 11.6 Å². The number of anilines is 1. The fraction of sp³-hybridized carbons (Fsp3) is 0.462. The maximum atomic E-state index is 11.8. The zero-order valence-corrected chi connectivity index (χ0v) is 9.79. The normalized spacial score (nSPS) is 23.7. The number of hydrogen-bond donors (Lipinski definition) is 2. The molecule has 1 aromatic carbocycles. The van der Waals surface area contributed by atoms with Crippen LogP contribution in [0.15, 0.2) is 18.2 Å². The monoisotopic (exact) mass is 218 g/mol. The van der Waals surface area contributed by atoms with E-state index < -0.39 is 0 Å². The first-order chi connectivity index (χ1) is 7.54. The largest absolute Gasteiger partial charge is 0.328 e. The topological polar surface area (TPSA) is 55.1 Å². The molecule has 1 fully saturated rings. The van der Waals surface area contributed by atoms with Crippen LogP contribution in [0.3, 0.4) is 0 Å². The summed E-state index contributed by atoms with van der Waals surface area (Å²) in [7, 11) is 0. The van der Waals surface area contributed by atoms with E-state index in [1.165, 1.54) is 11.1 Å². The SMILES string of the molecule is Cc1cc(C)cc(NC(=O)C2CC(N)C2)c1. The van der Waals surface area contributed by atoms with Crippen LogP contribution in [0.2, 0.25) is 0 Å². The zero-order valence-electron chi connectivity index (χ0n) is 9.79. The molecule has 0 saturated heterocycles. The lowest BCUT2D eigenvalue weighted by molar-refractivity contribution is -0.122. The lowest BCUT2D eigenvalue weighted by Crippen LogP contribution is -2.42. The van der Waals surface area contributed by atoms with Gasteiger partial charge in [-0.3, -0.25) is 4.79 Å². The van der Waals surface area contributed by atoms with Gasteiger partial charge < -0.3 is 11.1 Å². The highest BCUT2D eigenvalue weighted by Gasteiger charge is 2.31. The van der Waals surface area contributed by atoms with Crippen LogP contribution < -0.4 is 11.1 Å². The van der Waals surface area contributed by atoms with Crippen molar-refractivity contribution in [2.24, 2.45) is 11.7 Å². The Hall–Kier alpha value is -1.35. The van der Waals surface area contributed by atoms with Crippen LogP contribution in [-0.2, 0) is 4.79 Å². The minimum atomic E-state index is 0.103. The van der Waals surface area contributed by atoms with Crippen molar-refractivity contribution in [1.82, 2.24) is 0 Å². The molecular formula is C13H18N2O. The molecule has 3 nitrogen and oxygen atoms in total. The summed E-state index contributed by atoms with van der Waals surface area (Å²) < 4.78 is 0. The summed E-state index contributed by atoms with van der Waals surface area (Å²) >= 11 is 0. The van der Waals surface area contributed by atoms with Gasteiger partial charge in [0.2, 0.25) is 5.91 Å². The van der Waals surface area contributed by atoms with E-state index in [4.69, 9.17) is 5.73 Å². The van der Waals surface area contributed by atoms with E-state index in [9.17, 15) is 4.79 Å². The van der Waals surface area contributed by atoms with Crippen molar-refractivity contribution in [2.45, 2.75) is 32.7 Å². The molecular weight excluding hydrogens is 200 g/mol. The second-order valence-corrected chi connectivity index (χ2v) is 4.79. The van der Waals surface area contributed by atoms with Gasteiger partial charge in [0.1, 0.15) is 0 Å². The maximum Gasteiger partial charge on any atom is 0.227 e. The molecule has 1 saturated carbocycles. The van der Waals surface area contributed by atoms with Crippen molar-refractivity contribution < 1.29 is 4.79 Å². The van der Waals surface area contributed by atoms with Crippen molar-refractivity contribution in [3.8, 4) is 0 Å². The molecule has 3 N–H and O–H groups in total. The smallest absolute Gasteiger partial charge is 0.227 e. The van der Waals surface area contributed by atoms with Crippen molar-refractivity contribution in [3.05, 3.63) is 29.3 Å².